The lowest BCUT2D eigenvalue weighted by Crippen LogP contribution is -2.16. The third kappa shape index (κ3) is 5.26. The number of thiophene rings is 1. The van der Waals surface area contributed by atoms with Crippen LogP contribution in [-0.4, -0.2) is 24.3 Å². The van der Waals surface area contributed by atoms with Gasteiger partial charge in [0.25, 0.3) is 5.91 Å². The van der Waals surface area contributed by atoms with E-state index in [0.29, 0.717) is 27.6 Å². The molecule has 1 N–H and O–H groups in total. The molecule has 2 aromatic heterocycles. The van der Waals surface area contributed by atoms with Crippen molar-refractivity contribution in [2.75, 3.05) is 11.9 Å². The molecular weight excluding hydrogens is 464 g/mol. The zero-order valence-electron chi connectivity index (χ0n) is 19.5. The number of rotatable bonds is 7. The number of anilines is 1. The molecule has 35 heavy (non-hydrogen) atoms. The zero-order valence-corrected chi connectivity index (χ0v) is 20.3. The molecule has 0 atom stereocenters. The third-order valence-corrected chi connectivity index (χ3v) is 6.94. The lowest BCUT2D eigenvalue weighted by atomic mass is 9.95. The lowest BCUT2D eigenvalue weighted by Gasteiger charge is -2.12. The standard InChI is InChI=1S/C27H24N2O5S/c1-3-33-27(32)24-21-6-4-5-7-23(21)35-26(24)29-25(31)19(15-28)14-20-12-13-22(34-20)18-10-8-17(9-11-18)16(2)30/h8-14H,3-7H2,1-2H3,(H,29,31)/b19-14+. The van der Waals surface area contributed by atoms with Gasteiger partial charge in [-0.25, -0.2) is 4.79 Å². The van der Waals surface area contributed by atoms with Crippen molar-refractivity contribution in [2.24, 2.45) is 0 Å². The SMILES string of the molecule is CCOC(=O)c1c(NC(=O)/C(C#N)=C/c2ccc(-c3ccc(C(C)=O)cc3)o2)sc2c1CCCC2. The number of hydrogen-bond donors (Lipinski definition) is 1. The Morgan fingerprint density at radius 3 is 2.57 bits per heavy atom. The first kappa shape index (κ1) is 24.2. The fourth-order valence-corrected chi connectivity index (χ4v) is 5.26. The van der Waals surface area contributed by atoms with Crippen molar-refractivity contribution in [3.63, 3.8) is 0 Å². The van der Waals surface area contributed by atoms with Crippen molar-refractivity contribution in [2.45, 2.75) is 39.5 Å². The van der Waals surface area contributed by atoms with Gasteiger partial charge in [0.2, 0.25) is 0 Å². The van der Waals surface area contributed by atoms with Crippen LogP contribution in [-0.2, 0) is 22.4 Å². The first-order valence-electron chi connectivity index (χ1n) is 11.4. The number of fused-ring (bicyclic) bond motifs is 1. The van der Waals surface area contributed by atoms with Gasteiger partial charge in [-0.2, -0.15) is 5.26 Å². The van der Waals surface area contributed by atoms with Gasteiger partial charge in [0, 0.05) is 22.1 Å². The van der Waals surface area contributed by atoms with E-state index < -0.39 is 11.9 Å². The molecule has 0 saturated carbocycles. The molecule has 3 aromatic rings. The van der Waals surface area contributed by atoms with Gasteiger partial charge in [-0.3, -0.25) is 9.59 Å². The average Bonchev–Trinajstić information content (AvgIpc) is 3.47. The Labute approximate surface area is 207 Å². The van der Waals surface area contributed by atoms with Crippen LogP contribution < -0.4 is 5.32 Å². The maximum absolute atomic E-state index is 13.0. The zero-order chi connectivity index (χ0) is 24.9. The molecule has 0 fully saturated rings. The molecule has 7 nitrogen and oxygen atoms in total. The second kappa shape index (κ2) is 10.5. The van der Waals surface area contributed by atoms with Crippen LogP contribution in [0, 0.1) is 11.3 Å². The van der Waals surface area contributed by atoms with Crippen LogP contribution in [0.25, 0.3) is 17.4 Å². The molecule has 1 aromatic carbocycles. The van der Waals surface area contributed by atoms with Crippen molar-refractivity contribution in [3.8, 4) is 17.4 Å². The second-order valence-electron chi connectivity index (χ2n) is 8.09. The molecule has 0 bridgehead atoms. The highest BCUT2D eigenvalue weighted by Crippen LogP contribution is 2.39. The molecule has 1 aliphatic carbocycles. The van der Waals surface area contributed by atoms with E-state index >= 15 is 0 Å². The predicted molar refractivity (Wildman–Crippen MR) is 133 cm³/mol. The number of furan rings is 1. The number of nitrogens with zero attached hydrogens (tertiary/aromatic N) is 1. The summed E-state index contributed by atoms with van der Waals surface area (Å²) >= 11 is 1.37. The average molecular weight is 489 g/mol. The van der Waals surface area contributed by atoms with Crippen molar-refractivity contribution in [1.82, 2.24) is 0 Å². The van der Waals surface area contributed by atoms with Gasteiger partial charge < -0.3 is 14.5 Å². The number of aryl methyl sites for hydroxylation is 1. The first-order chi connectivity index (χ1) is 16.9. The van der Waals surface area contributed by atoms with Gasteiger partial charge in [0.1, 0.15) is 28.2 Å². The Morgan fingerprint density at radius 2 is 1.89 bits per heavy atom. The van der Waals surface area contributed by atoms with E-state index in [4.69, 9.17) is 9.15 Å². The fourth-order valence-electron chi connectivity index (χ4n) is 3.99. The van der Waals surface area contributed by atoms with E-state index in [2.05, 4.69) is 5.32 Å². The minimum absolute atomic E-state index is 0.0259. The second-order valence-corrected chi connectivity index (χ2v) is 9.20. The number of nitriles is 1. The van der Waals surface area contributed by atoms with Gasteiger partial charge in [-0.1, -0.05) is 24.3 Å². The van der Waals surface area contributed by atoms with Crippen LogP contribution in [0.3, 0.4) is 0 Å². The highest BCUT2D eigenvalue weighted by atomic mass is 32.1. The highest BCUT2D eigenvalue weighted by Gasteiger charge is 2.28. The number of amides is 1. The Balaban J connectivity index is 1.57. The summed E-state index contributed by atoms with van der Waals surface area (Å²) in [6, 6.07) is 12.3. The monoisotopic (exact) mass is 488 g/mol. The van der Waals surface area contributed by atoms with Crippen molar-refractivity contribution in [3.05, 3.63) is 69.3 Å². The van der Waals surface area contributed by atoms with Crippen molar-refractivity contribution < 1.29 is 23.5 Å². The largest absolute Gasteiger partial charge is 0.462 e. The molecular formula is C27H24N2O5S. The van der Waals surface area contributed by atoms with Crippen LogP contribution in [0.2, 0.25) is 0 Å². The third-order valence-electron chi connectivity index (χ3n) is 5.73. The summed E-state index contributed by atoms with van der Waals surface area (Å²) < 4.78 is 11.0. The predicted octanol–water partition coefficient (Wildman–Crippen LogP) is 5.81. The molecule has 0 aliphatic heterocycles. The van der Waals surface area contributed by atoms with Crippen LogP contribution in [0.5, 0.6) is 0 Å². The Hall–Kier alpha value is -3.96. The van der Waals surface area contributed by atoms with Crippen molar-refractivity contribution in [1.29, 1.82) is 5.26 Å². The molecule has 2 heterocycles. The summed E-state index contributed by atoms with van der Waals surface area (Å²) in [5.74, 6) is -0.239. The maximum atomic E-state index is 13.0. The van der Waals surface area contributed by atoms with E-state index in [0.717, 1.165) is 41.7 Å². The normalized spacial score (nSPS) is 13.0. The minimum Gasteiger partial charge on any atom is -0.462 e. The van der Waals surface area contributed by atoms with Gasteiger partial charge in [0.15, 0.2) is 5.78 Å². The summed E-state index contributed by atoms with van der Waals surface area (Å²) in [5.41, 5.74) is 2.54. The number of Topliss-reactive ketones (excluding diaryl/α,β-unsaturated/α-hetero) is 1. The number of benzene rings is 1. The Bertz CT molecular complexity index is 1360. The Morgan fingerprint density at radius 1 is 1.14 bits per heavy atom. The van der Waals surface area contributed by atoms with Crippen LogP contribution in [0.1, 0.15) is 63.6 Å². The van der Waals surface area contributed by atoms with E-state index in [1.165, 1.54) is 24.3 Å². The number of nitrogens with one attached hydrogen (secondary N) is 1. The van der Waals surface area contributed by atoms with Crippen LogP contribution >= 0.6 is 11.3 Å². The van der Waals surface area contributed by atoms with Gasteiger partial charge >= 0.3 is 5.97 Å². The molecule has 0 spiro atoms. The lowest BCUT2D eigenvalue weighted by molar-refractivity contribution is -0.112. The van der Waals surface area contributed by atoms with E-state index in [1.54, 1.807) is 43.3 Å². The molecule has 1 aliphatic rings. The first-order valence-corrected chi connectivity index (χ1v) is 12.2. The van der Waals surface area contributed by atoms with E-state index in [9.17, 15) is 19.6 Å². The molecule has 0 saturated heterocycles. The topological polar surface area (TPSA) is 109 Å². The summed E-state index contributed by atoms with van der Waals surface area (Å²) in [6.45, 7) is 3.47. The van der Waals surface area contributed by atoms with E-state index in [-0.39, 0.29) is 18.0 Å². The smallest absolute Gasteiger partial charge is 0.341 e. The molecule has 178 valence electrons. The fraction of sp³-hybridized carbons (Fsp3) is 0.259. The molecule has 1 amide bonds. The van der Waals surface area contributed by atoms with Gasteiger partial charge in [-0.05, 0) is 57.2 Å². The number of ether oxygens (including phenoxy) is 1. The molecule has 0 radical (unpaired) electrons. The number of carbonyl (C=O) groups excluding carboxylic acids is 3. The number of hydrogen-bond acceptors (Lipinski definition) is 7. The van der Waals surface area contributed by atoms with Gasteiger partial charge in [-0.15, -0.1) is 11.3 Å². The number of carbonyl (C=O) groups is 3. The highest BCUT2D eigenvalue weighted by molar-refractivity contribution is 7.17. The Kier molecular flexibility index (Phi) is 7.28. The maximum Gasteiger partial charge on any atom is 0.341 e. The molecule has 8 heteroatoms. The van der Waals surface area contributed by atoms with Crippen LogP contribution in [0.4, 0.5) is 5.00 Å². The quantitative estimate of drug-likeness (QED) is 0.194. The number of esters is 1. The molecule has 4 rings (SSSR count). The summed E-state index contributed by atoms with van der Waals surface area (Å²) in [6.07, 6.45) is 4.99. The summed E-state index contributed by atoms with van der Waals surface area (Å²) in [7, 11) is 0. The van der Waals surface area contributed by atoms with E-state index in [1.807, 2.05) is 6.07 Å². The van der Waals surface area contributed by atoms with Crippen molar-refractivity contribution >= 4 is 40.1 Å². The molecule has 0 unspecified atom stereocenters. The van der Waals surface area contributed by atoms with Gasteiger partial charge in [0.05, 0.1) is 12.2 Å². The number of ketones is 1. The minimum atomic E-state index is -0.625. The summed E-state index contributed by atoms with van der Waals surface area (Å²) in [5, 5.41) is 12.8. The summed E-state index contributed by atoms with van der Waals surface area (Å²) in [4.78, 5) is 38.1. The van der Waals surface area contributed by atoms with Crippen LogP contribution in [0.15, 0.2) is 46.4 Å².